The molecule has 0 radical (unpaired) electrons. The quantitative estimate of drug-likeness (QED) is 0.583. The van der Waals surface area contributed by atoms with Gasteiger partial charge in [0.15, 0.2) is 0 Å². The van der Waals surface area contributed by atoms with Gasteiger partial charge in [0.1, 0.15) is 5.69 Å². The number of nitrogens with one attached hydrogen (secondary N) is 1. The third-order valence-electron chi connectivity index (χ3n) is 7.49. The van der Waals surface area contributed by atoms with Crippen LogP contribution in [0.25, 0.3) is 10.9 Å². The molecule has 0 aliphatic carbocycles. The Labute approximate surface area is 210 Å². The number of rotatable bonds is 5. The van der Waals surface area contributed by atoms with Gasteiger partial charge in [-0.3, -0.25) is 14.6 Å². The molecular formula is C28H31N5O3. The number of carbonyl (C=O) groups excluding carboxylic acids is 2. The number of aromatic nitrogens is 2. The summed E-state index contributed by atoms with van der Waals surface area (Å²) in [7, 11) is 2.04. The second kappa shape index (κ2) is 10.5. The van der Waals surface area contributed by atoms with Crippen LogP contribution in [-0.4, -0.2) is 52.6 Å². The number of nitrogens with zero attached hydrogens (tertiary/aromatic N) is 4. The van der Waals surface area contributed by atoms with Crippen molar-refractivity contribution in [3.63, 3.8) is 0 Å². The minimum atomic E-state index is -0.347. The molecule has 5 rings (SSSR count). The molecule has 1 aromatic carbocycles. The van der Waals surface area contributed by atoms with Crippen LogP contribution < -0.4 is 5.32 Å². The zero-order chi connectivity index (χ0) is 25.1. The fourth-order valence-corrected chi connectivity index (χ4v) is 5.41. The fourth-order valence-electron chi connectivity index (χ4n) is 5.41. The number of benzene rings is 1. The molecule has 2 saturated heterocycles. The van der Waals surface area contributed by atoms with Gasteiger partial charge < -0.3 is 19.5 Å². The number of amides is 2. The molecule has 2 amide bonds. The van der Waals surface area contributed by atoms with Gasteiger partial charge in [-0.2, -0.15) is 5.26 Å². The summed E-state index contributed by atoms with van der Waals surface area (Å²) in [6.07, 6.45) is 8.11. The van der Waals surface area contributed by atoms with Gasteiger partial charge in [-0.25, -0.2) is 0 Å². The number of ether oxygens (including phenoxy) is 1. The average Bonchev–Trinajstić information content (AvgIpc) is 3.25. The SMILES string of the molecule is Cn1cc(C2CCN(C(=O)CC3CCOCC3)CC2)c2cc(NC(=O)c3cc(C#N)ccn3)ccc21. The van der Waals surface area contributed by atoms with E-state index in [1.54, 1.807) is 6.07 Å². The summed E-state index contributed by atoms with van der Waals surface area (Å²) < 4.78 is 7.55. The molecule has 4 heterocycles. The van der Waals surface area contributed by atoms with Crippen molar-refractivity contribution < 1.29 is 14.3 Å². The Morgan fingerprint density at radius 2 is 1.92 bits per heavy atom. The summed E-state index contributed by atoms with van der Waals surface area (Å²) in [6.45, 7) is 3.10. The molecule has 8 heteroatoms. The second-order valence-corrected chi connectivity index (χ2v) is 9.84. The van der Waals surface area contributed by atoms with Crippen LogP contribution in [0.15, 0.2) is 42.7 Å². The van der Waals surface area contributed by atoms with Crippen LogP contribution in [0.5, 0.6) is 0 Å². The number of carbonyl (C=O) groups is 2. The Hall–Kier alpha value is -3.70. The van der Waals surface area contributed by atoms with Crippen LogP contribution in [0, 0.1) is 17.2 Å². The molecule has 3 aromatic rings. The number of likely N-dealkylation sites (tertiary alicyclic amines) is 1. The first-order chi connectivity index (χ1) is 17.5. The van der Waals surface area contributed by atoms with E-state index in [9.17, 15) is 9.59 Å². The maximum Gasteiger partial charge on any atom is 0.274 e. The summed E-state index contributed by atoms with van der Waals surface area (Å²) in [5.41, 5.74) is 3.65. The Kier molecular flexibility index (Phi) is 7.01. The predicted octanol–water partition coefficient (Wildman–Crippen LogP) is 4.22. The monoisotopic (exact) mass is 485 g/mol. The first-order valence-electron chi connectivity index (χ1n) is 12.6. The average molecular weight is 486 g/mol. The van der Waals surface area contributed by atoms with E-state index in [2.05, 4.69) is 21.1 Å². The standard InChI is InChI=1S/C28H31N5O3/c1-32-18-24(21-5-10-33(11-6-21)27(34)15-19-7-12-36-13-8-19)23-16-22(2-3-26(23)32)31-28(35)25-14-20(17-29)4-9-30-25/h2-4,9,14,16,18-19,21H,5-8,10-13,15H2,1H3,(H,31,35). The van der Waals surface area contributed by atoms with Crippen LogP contribution in [0.1, 0.15) is 59.6 Å². The molecule has 8 nitrogen and oxygen atoms in total. The summed E-state index contributed by atoms with van der Waals surface area (Å²) in [6, 6.07) is 11.0. The van der Waals surface area contributed by atoms with E-state index in [0.29, 0.717) is 29.5 Å². The Morgan fingerprint density at radius 1 is 1.14 bits per heavy atom. The predicted molar refractivity (Wildman–Crippen MR) is 137 cm³/mol. The van der Waals surface area contributed by atoms with Crippen molar-refractivity contribution in [3.8, 4) is 6.07 Å². The normalized spacial score (nSPS) is 17.2. The summed E-state index contributed by atoms with van der Waals surface area (Å²) in [4.78, 5) is 31.7. The number of hydrogen-bond acceptors (Lipinski definition) is 5. The second-order valence-electron chi connectivity index (χ2n) is 9.84. The van der Waals surface area contributed by atoms with E-state index in [-0.39, 0.29) is 17.5 Å². The number of fused-ring (bicyclic) bond motifs is 1. The lowest BCUT2D eigenvalue weighted by Gasteiger charge is -2.33. The maximum absolute atomic E-state index is 12.8. The van der Waals surface area contributed by atoms with Crippen molar-refractivity contribution in [2.45, 2.75) is 38.0 Å². The van der Waals surface area contributed by atoms with Gasteiger partial charge in [0.05, 0.1) is 11.6 Å². The molecule has 1 N–H and O–H groups in total. The molecule has 0 saturated carbocycles. The minimum absolute atomic E-state index is 0.209. The van der Waals surface area contributed by atoms with Crippen LogP contribution in [0.4, 0.5) is 5.69 Å². The minimum Gasteiger partial charge on any atom is -0.381 e. The van der Waals surface area contributed by atoms with Gasteiger partial charge in [-0.1, -0.05) is 0 Å². The van der Waals surface area contributed by atoms with Gasteiger partial charge in [0, 0.05) is 68.8 Å². The molecule has 0 bridgehead atoms. The van der Waals surface area contributed by atoms with E-state index in [1.807, 2.05) is 36.2 Å². The number of nitriles is 1. The lowest BCUT2D eigenvalue weighted by atomic mass is 9.88. The van der Waals surface area contributed by atoms with Gasteiger partial charge >= 0.3 is 0 Å². The van der Waals surface area contributed by atoms with E-state index >= 15 is 0 Å². The molecular weight excluding hydrogens is 454 g/mol. The van der Waals surface area contributed by atoms with Gasteiger partial charge in [0.25, 0.3) is 5.91 Å². The van der Waals surface area contributed by atoms with Gasteiger partial charge in [-0.05, 0) is 73.4 Å². The van der Waals surface area contributed by atoms with Crippen molar-refractivity contribution in [1.82, 2.24) is 14.5 Å². The summed E-state index contributed by atoms with van der Waals surface area (Å²) in [5, 5.41) is 13.1. The Balaban J connectivity index is 1.27. The lowest BCUT2D eigenvalue weighted by molar-refractivity contribution is -0.133. The molecule has 0 spiro atoms. The molecule has 0 atom stereocenters. The van der Waals surface area contributed by atoms with Crippen molar-refractivity contribution in [2.24, 2.45) is 13.0 Å². The third kappa shape index (κ3) is 5.12. The topological polar surface area (TPSA) is 100 Å². The number of anilines is 1. The first kappa shape index (κ1) is 24.0. The zero-order valence-electron chi connectivity index (χ0n) is 20.6. The van der Waals surface area contributed by atoms with Crippen LogP contribution in [0.2, 0.25) is 0 Å². The number of aryl methyl sites for hydroxylation is 1. The highest BCUT2D eigenvalue weighted by Gasteiger charge is 2.28. The Bertz CT molecular complexity index is 1310. The highest BCUT2D eigenvalue weighted by atomic mass is 16.5. The molecule has 2 aliphatic rings. The summed E-state index contributed by atoms with van der Waals surface area (Å²) in [5.74, 6) is 0.742. The molecule has 0 unspecified atom stereocenters. The highest BCUT2D eigenvalue weighted by Crippen LogP contribution is 2.36. The highest BCUT2D eigenvalue weighted by molar-refractivity contribution is 6.04. The number of piperidine rings is 1. The summed E-state index contributed by atoms with van der Waals surface area (Å²) >= 11 is 0. The van der Waals surface area contributed by atoms with Crippen molar-refractivity contribution in [2.75, 3.05) is 31.6 Å². The Morgan fingerprint density at radius 3 is 2.67 bits per heavy atom. The van der Waals surface area contributed by atoms with E-state index in [0.717, 1.165) is 62.9 Å². The number of pyridine rings is 1. The van der Waals surface area contributed by atoms with Crippen molar-refractivity contribution in [1.29, 1.82) is 5.26 Å². The van der Waals surface area contributed by atoms with E-state index < -0.39 is 0 Å². The van der Waals surface area contributed by atoms with Crippen molar-refractivity contribution >= 4 is 28.4 Å². The van der Waals surface area contributed by atoms with E-state index in [4.69, 9.17) is 10.00 Å². The molecule has 186 valence electrons. The maximum atomic E-state index is 12.8. The molecule has 2 aliphatic heterocycles. The smallest absolute Gasteiger partial charge is 0.274 e. The fraction of sp³-hybridized carbons (Fsp3) is 0.429. The zero-order valence-corrected chi connectivity index (χ0v) is 20.6. The molecule has 2 aromatic heterocycles. The van der Waals surface area contributed by atoms with E-state index in [1.165, 1.54) is 17.8 Å². The van der Waals surface area contributed by atoms with Crippen LogP contribution >= 0.6 is 0 Å². The molecule has 2 fully saturated rings. The number of hydrogen-bond donors (Lipinski definition) is 1. The van der Waals surface area contributed by atoms with Gasteiger partial charge in [-0.15, -0.1) is 0 Å². The third-order valence-corrected chi connectivity index (χ3v) is 7.49. The first-order valence-corrected chi connectivity index (χ1v) is 12.6. The van der Waals surface area contributed by atoms with Crippen molar-refractivity contribution in [3.05, 3.63) is 59.5 Å². The van der Waals surface area contributed by atoms with Crippen LogP contribution in [-0.2, 0) is 16.6 Å². The molecule has 36 heavy (non-hydrogen) atoms. The van der Waals surface area contributed by atoms with Crippen LogP contribution in [0.3, 0.4) is 0 Å². The lowest BCUT2D eigenvalue weighted by Crippen LogP contribution is -2.39. The largest absolute Gasteiger partial charge is 0.381 e. The van der Waals surface area contributed by atoms with Gasteiger partial charge in [0.2, 0.25) is 5.91 Å².